The van der Waals surface area contributed by atoms with Gasteiger partial charge >= 0.3 is 0 Å². The standard InChI is InChI=1S/C13H20BrNS/c1-2-6-15-11-4-3-10(8-11)9-13-12(14)5-7-16-13/h5,7,10-11,15H,2-4,6,8-9H2,1H3. The molecule has 2 atom stereocenters. The van der Waals surface area contributed by atoms with Crippen molar-refractivity contribution in [2.24, 2.45) is 5.92 Å². The fourth-order valence-corrected chi connectivity index (χ4v) is 4.16. The first-order chi connectivity index (χ1) is 7.79. The van der Waals surface area contributed by atoms with Crippen molar-refractivity contribution in [1.82, 2.24) is 5.32 Å². The molecule has 0 aromatic carbocycles. The molecule has 1 fully saturated rings. The van der Waals surface area contributed by atoms with E-state index in [0.717, 1.165) is 12.0 Å². The smallest absolute Gasteiger partial charge is 0.0314 e. The minimum absolute atomic E-state index is 0.781. The third kappa shape index (κ3) is 3.31. The van der Waals surface area contributed by atoms with Crippen LogP contribution in [-0.2, 0) is 6.42 Å². The van der Waals surface area contributed by atoms with Crippen molar-refractivity contribution >= 4 is 27.3 Å². The van der Waals surface area contributed by atoms with E-state index in [1.807, 2.05) is 11.3 Å². The van der Waals surface area contributed by atoms with Gasteiger partial charge in [0, 0.05) is 15.4 Å². The van der Waals surface area contributed by atoms with Crippen LogP contribution in [0.1, 0.15) is 37.5 Å². The Bertz CT molecular complexity index is 323. The van der Waals surface area contributed by atoms with Crippen LogP contribution in [-0.4, -0.2) is 12.6 Å². The quantitative estimate of drug-likeness (QED) is 0.858. The Morgan fingerprint density at radius 1 is 1.50 bits per heavy atom. The Labute approximate surface area is 111 Å². The normalized spacial score (nSPS) is 25.1. The second-order valence-electron chi connectivity index (χ2n) is 4.73. The van der Waals surface area contributed by atoms with Crippen LogP contribution in [0, 0.1) is 5.92 Å². The highest BCUT2D eigenvalue weighted by Crippen LogP contribution is 2.33. The van der Waals surface area contributed by atoms with Crippen molar-refractivity contribution in [3.63, 3.8) is 0 Å². The van der Waals surface area contributed by atoms with Crippen LogP contribution >= 0.6 is 27.3 Å². The molecule has 16 heavy (non-hydrogen) atoms. The van der Waals surface area contributed by atoms with Gasteiger partial charge in [-0.1, -0.05) is 6.92 Å². The van der Waals surface area contributed by atoms with Crippen molar-refractivity contribution in [2.75, 3.05) is 6.54 Å². The first-order valence-electron chi connectivity index (χ1n) is 6.24. The molecular weight excluding hydrogens is 282 g/mol. The molecule has 1 aliphatic rings. The van der Waals surface area contributed by atoms with E-state index in [0.29, 0.717) is 0 Å². The van der Waals surface area contributed by atoms with Crippen LogP contribution in [0.25, 0.3) is 0 Å². The molecule has 1 aromatic heterocycles. The molecule has 1 aliphatic carbocycles. The van der Waals surface area contributed by atoms with Crippen molar-refractivity contribution in [3.8, 4) is 0 Å². The number of rotatable bonds is 5. The minimum atomic E-state index is 0.781. The largest absolute Gasteiger partial charge is 0.314 e. The molecule has 90 valence electrons. The predicted octanol–water partition coefficient (Wildman–Crippen LogP) is 4.22. The first kappa shape index (κ1) is 12.6. The van der Waals surface area contributed by atoms with Gasteiger partial charge in [0.15, 0.2) is 0 Å². The monoisotopic (exact) mass is 301 g/mol. The maximum Gasteiger partial charge on any atom is 0.0314 e. The van der Waals surface area contributed by atoms with Gasteiger partial charge in [0.25, 0.3) is 0 Å². The fourth-order valence-electron chi connectivity index (χ4n) is 2.53. The summed E-state index contributed by atoms with van der Waals surface area (Å²) >= 11 is 5.51. The summed E-state index contributed by atoms with van der Waals surface area (Å²) in [5.41, 5.74) is 0. The highest BCUT2D eigenvalue weighted by atomic mass is 79.9. The Hall–Kier alpha value is 0.140. The molecule has 1 aromatic rings. The van der Waals surface area contributed by atoms with Crippen LogP contribution < -0.4 is 5.32 Å². The van der Waals surface area contributed by atoms with Crippen molar-refractivity contribution in [2.45, 2.75) is 45.1 Å². The van der Waals surface area contributed by atoms with Gasteiger partial charge in [0.1, 0.15) is 0 Å². The molecule has 3 heteroatoms. The topological polar surface area (TPSA) is 12.0 Å². The lowest BCUT2D eigenvalue weighted by molar-refractivity contribution is 0.485. The summed E-state index contributed by atoms with van der Waals surface area (Å²) in [6, 6.07) is 2.95. The molecular formula is C13H20BrNS. The van der Waals surface area contributed by atoms with E-state index in [1.54, 1.807) is 0 Å². The van der Waals surface area contributed by atoms with Crippen LogP contribution in [0.5, 0.6) is 0 Å². The summed E-state index contributed by atoms with van der Waals surface area (Å²) in [6.07, 6.45) is 6.64. The van der Waals surface area contributed by atoms with Gasteiger partial charge in [-0.2, -0.15) is 0 Å². The Balaban J connectivity index is 1.79. The summed E-state index contributed by atoms with van der Waals surface area (Å²) in [5.74, 6) is 0.893. The second-order valence-corrected chi connectivity index (χ2v) is 6.58. The van der Waals surface area contributed by atoms with E-state index in [1.165, 1.54) is 48.0 Å². The molecule has 0 saturated heterocycles. The number of hydrogen-bond acceptors (Lipinski definition) is 2. The molecule has 0 aliphatic heterocycles. The molecule has 1 nitrogen and oxygen atoms in total. The maximum atomic E-state index is 3.65. The highest BCUT2D eigenvalue weighted by Gasteiger charge is 2.24. The number of halogens is 1. The third-order valence-electron chi connectivity index (χ3n) is 3.39. The number of hydrogen-bond donors (Lipinski definition) is 1. The van der Waals surface area contributed by atoms with Gasteiger partial charge in [-0.3, -0.25) is 0 Å². The van der Waals surface area contributed by atoms with Crippen molar-refractivity contribution in [3.05, 3.63) is 20.8 Å². The van der Waals surface area contributed by atoms with Gasteiger partial charge in [-0.25, -0.2) is 0 Å². The van der Waals surface area contributed by atoms with Crippen LogP contribution in [0.3, 0.4) is 0 Å². The van der Waals surface area contributed by atoms with Gasteiger partial charge in [-0.15, -0.1) is 11.3 Å². The van der Waals surface area contributed by atoms with Gasteiger partial charge in [-0.05, 0) is 71.9 Å². The molecule has 0 radical (unpaired) electrons. The Morgan fingerprint density at radius 2 is 2.38 bits per heavy atom. The molecule has 1 N–H and O–H groups in total. The van der Waals surface area contributed by atoms with E-state index in [2.05, 4.69) is 39.6 Å². The van der Waals surface area contributed by atoms with Crippen molar-refractivity contribution in [1.29, 1.82) is 0 Å². The SMILES string of the molecule is CCCNC1CCC(Cc2sccc2Br)C1. The first-order valence-corrected chi connectivity index (χ1v) is 7.92. The molecule has 2 rings (SSSR count). The molecule has 1 saturated carbocycles. The third-order valence-corrected chi connectivity index (χ3v) is 5.34. The van der Waals surface area contributed by atoms with Crippen LogP contribution in [0.2, 0.25) is 0 Å². The van der Waals surface area contributed by atoms with Crippen LogP contribution in [0.4, 0.5) is 0 Å². The predicted molar refractivity (Wildman–Crippen MR) is 75.1 cm³/mol. The Morgan fingerprint density at radius 3 is 3.06 bits per heavy atom. The zero-order valence-electron chi connectivity index (χ0n) is 9.84. The maximum absolute atomic E-state index is 3.65. The minimum Gasteiger partial charge on any atom is -0.314 e. The molecule has 0 spiro atoms. The van der Waals surface area contributed by atoms with E-state index in [4.69, 9.17) is 0 Å². The fraction of sp³-hybridized carbons (Fsp3) is 0.692. The van der Waals surface area contributed by atoms with E-state index in [9.17, 15) is 0 Å². The molecule has 0 bridgehead atoms. The highest BCUT2D eigenvalue weighted by molar-refractivity contribution is 9.10. The second kappa shape index (κ2) is 6.18. The summed E-state index contributed by atoms with van der Waals surface area (Å²) in [7, 11) is 0. The summed E-state index contributed by atoms with van der Waals surface area (Å²) < 4.78 is 1.31. The lowest BCUT2D eigenvalue weighted by atomic mass is 10.0. The van der Waals surface area contributed by atoms with Gasteiger partial charge in [0.05, 0.1) is 0 Å². The average Bonchev–Trinajstić information content (AvgIpc) is 2.87. The lowest BCUT2D eigenvalue weighted by Crippen LogP contribution is -2.27. The summed E-state index contributed by atoms with van der Waals surface area (Å²) in [6.45, 7) is 3.42. The zero-order chi connectivity index (χ0) is 11.4. The number of nitrogens with one attached hydrogen (secondary N) is 1. The molecule has 1 heterocycles. The molecule has 0 amide bonds. The van der Waals surface area contributed by atoms with E-state index < -0.39 is 0 Å². The lowest BCUT2D eigenvalue weighted by Gasteiger charge is -2.12. The average molecular weight is 302 g/mol. The summed E-state index contributed by atoms with van der Waals surface area (Å²) in [4.78, 5) is 1.53. The Kier molecular flexibility index (Phi) is 4.86. The van der Waals surface area contributed by atoms with Crippen LogP contribution in [0.15, 0.2) is 15.9 Å². The summed E-state index contributed by atoms with van der Waals surface area (Å²) in [5, 5.41) is 5.83. The van der Waals surface area contributed by atoms with Crippen molar-refractivity contribution < 1.29 is 0 Å². The molecule has 2 unspecified atom stereocenters. The van der Waals surface area contributed by atoms with E-state index >= 15 is 0 Å². The number of thiophene rings is 1. The van der Waals surface area contributed by atoms with Gasteiger partial charge < -0.3 is 5.32 Å². The zero-order valence-corrected chi connectivity index (χ0v) is 12.2. The van der Waals surface area contributed by atoms with Gasteiger partial charge in [0.2, 0.25) is 0 Å². The van der Waals surface area contributed by atoms with E-state index in [-0.39, 0.29) is 0 Å².